The van der Waals surface area contributed by atoms with Crippen LogP contribution in [-0.4, -0.2) is 55.1 Å². The predicted molar refractivity (Wildman–Crippen MR) is 94.1 cm³/mol. The van der Waals surface area contributed by atoms with Crippen LogP contribution in [0.2, 0.25) is 0 Å². The molecular weight excluding hydrogens is 298 g/mol. The maximum Gasteiger partial charge on any atom is 0.187 e. The third kappa shape index (κ3) is 5.59. The van der Waals surface area contributed by atoms with Gasteiger partial charge in [0.05, 0.1) is 18.9 Å². The van der Waals surface area contributed by atoms with Crippen molar-refractivity contribution in [2.24, 2.45) is 5.10 Å². The summed E-state index contributed by atoms with van der Waals surface area (Å²) in [5, 5.41) is 7.95. The molecule has 0 unspecified atom stereocenters. The van der Waals surface area contributed by atoms with Crippen molar-refractivity contribution in [2.45, 2.75) is 6.92 Å². The molecule has 1 aliphatic rings. The van der Waals surface area contributed by atoms with Crippen LogP contribution in [0.4, 0.5) is 5.69 Å². The minimum absolute atomic E-state index is 0.525. The highest BCUT2D eigenvalue weighted by Gasteiger charge is 2.09. The van der Waals surface area contributed by atoms with E-state index in [1.165, 1.54) is 0 Å². The Morgan fingerprint density at radius 2 is 2.18 bits per heavy atom. The molecule has 0 aliphatic carbocycles. The van der Waals surface area contributed by atoms with Crippen molar-refractivity contribution in [3.05, 3.63) is 29.8 Å². The van der Waals surface area contributed by atoms with Crippen LogP contribution < -0.4 is 16.5 Å². The molecule has 0 radical (unpaired) electrons. The summed E-state index contributed by atoms with van der Waals surface area (Å²) in [6, 6.07) is 7.60. The van der Waals surface area contributed by atoms with Crippen LogP contribution in [0.15, 0.2) is 29.4 Å². The van der Waals surface area contributed by atoms with Gasteiger partial charge in [0.1, 0.15) is 0 Å². The highest BCUT2D eigenvalue weighted by atomic mass is 32.1. The first-order valence-electron chi connectivity index (χ1n) is 7.39. The van der Waals surface area contributed by atoms with E-state index in [0.29, 0.717) is 5.11 Å². The Balaban J connectivity index is 1.71. The monoisotopic (exact) mass is 321 g/mol. The lowest BCUT2D eigenvalue weighted by molar-refractivity contribution is 0.0389. The fourth-order valence-corrected chi connectivity index (χ4v) is 2.30. The zero-order valence-electron chi connectivity index (χ0n) is 12.8. The second kappa shape index (κ2) is 8.67. The van der Waals surface area contributed by atoms with Gasteiger partial charge in [0.25, 0.3) is 0 Å². The fraction of sp³-hybridized carbons (Fsp3) is 0.467. The Morgan fingerprint density at radius 1 is 1.41 bits per heavy atom. The Morgan fingerprint density at radius 3 is 2.91 bits per heavy atom. The summed E-state index contributed by atoms with van der Waals surface area (Å²) in [7, 11) is 0. The molecule has 0 bridgehead atoms. The first-order valence-corrected chi connectivity index (χ1v) is 7.80. The van der Waals surface area contributed by atoms with E-state index in [9.17, 15) is 0 Å². The van der Waals surface area contributed by atoms with E-state index in [1.54, 1.807) is 0 Å². The summed E-state index contributed by atoms with van der Waals surface area (Å²) >= 11 is 5.22. The molecule has 120 valence electrons. The second-order valence-electron chi connectivity index (χ2n) is 5.14. The summed E-state index contributed by atoms with van der Waals surface area (Å²) < 4.78 is 5.32. The van der Waals surface area contributed by atoms with Gasteiger partial charge in [-0.25, -0.2) is 0 Å². The molecule has 4 N–H and O–H groups in total. The lowest BCUT2D eigenvalue weighted by Crippen LogP contribution is -2.42. The summed E-state index contributed by atoms with van der Waals surface area (Å²) in [4.78, 5) is 2.35. The highest BCUT2D eigenvalue weighted by Crippen LogP contribution is 2.07. The number of nitrogen functional groups attached to an aromatic ring is 1. The second-order valence-corrected chi connectivity index (χ2v) is 5.55. The number of ether oxygens (including phenoxy) is 1. The van der Waals surface area contributed by atoms with Crippen molar-refractivity contribution in [1.29, 1.82) is 0 Å². The number of nitrogens with zero attached hydrogens (tertiary/aromatic N) is 2. The van der Waals surface area contributed by atoms with E-state index >= 15 is 0 Å². The van der Waals surface area contributed by atoms with Gasteiger partial charge >= 0.3 is 0 Å². The number of benzene rings is 1. The number of thiocarbonyl (C=S) groups is 1. The van der Waals surface area contributed by atoms with Gasteiger partial charge in [-0.3, -0.25) is 10.3 Å². The largest absolute Gasteiger partial charge is 0.399 e. The summed E-state index contributed by atoms with van der Waals surface area (Å²) in [6.07, 6.45) is 0. The van der Waals surface area contributed by atoms with Gasteiger partial charge in [0, 0.05) is 31.9 Å². The minimum Gasteiger partial charge on any atom is -0.399 e. The number of hydrazone groups is 1. The van der Waals surface area contributed by atoms with Gasteiger partial charge in [0.2, 0.25) is 0 Å². The van der Waals surface area contributed by atoms with E-state index in [2.05, 4.69) is 20.7 Å². The average molecular weight is 321 g/mol. The zero-order valence-corrected chi connectivity index (χ0v) is 13.7. The molecule has 1 heterocycles. The molecule has 1 saturated heterocycles. The number of hydrogen-bond acceptors (Lipinski definition) is 5. The molecule has 1 aromatic carbocycles. The van der Waals surface area contributed by atoms with Gasteiger partial charge in [-0.15, -0.1) is 0 Å². The maximum atomic E-state index is 5.76. The molecule has 0 atom stereocenters. The van der Waals surface area contributed by atoms with E-state index in [4.69, 9.17) is 22.7 Å². The number of anilines is 1. The highest BCUT2D eigenvalue weighted by molar-refractivity contribution is 7.80. The van der Waals surface area contributed by atoms with Crippen molar-refractivity contribution < 1.29 is 4.74 Å². The molecule has 1 aromatic rings. The Kier molecular flexibility index (Phi) is 6.57. The van der Waals surface area contributed by atoms with Crippen molar-refractivity contribution >= 4 is 28.7 Å². The molecule has 2 rings (SSSR count). The fourth-order valence-electron chi connectivity index (χ4n) is 2.15. The SMILES string of the molecule is C/C(=N\NC(=S)NCCN1CCOCC1)c1cccc(N)c1. The van der Waals surface area contributed by atoms with Crippen LogP contribution in [0.1, 0.15) is 12.5 Å². The van der Waals surface area contributed by atoms with Gasteiger partial charge in [-0.1, -0.05) is 12.1 Å². The molecular formula is C15H23N5OS. The molecule has 1 fully saturated rings. The molecule has 22 heavy (non-hydrogen) atoms. The topological polar surface area (TPSA) is 74.9 Å². The maximum absolute atomic E-state index is 5.76. The quantitative estimate of drug-likeness (QED) is 0.322. The number of rotatable bonds is 5. The van der Waals surface area contributed by atoms with Gasteiger partial charge in [-0.05, 0) is 36.8 Å². The van der Waals surface area contributed by atoms with E-state index < -0.39 is 0 Å². The van der Waals surface area contributed by atoms with E-state index in [0.717, 1.165) is 56.4 Å². The van der Waals surface area contributed by atoms with Crippen molar-refractivity contribution in [1.82, 2.24) is 15.6 Å². The van der Waals surface area contributed by atoms with E-state index in [1.807, 2.05) is 31.2 Å². The molecule has 0 amide bonds. The molecule has 0 aromatic heterocycles. The minimum atomic E-state index is 0.525. The van der Waals surface area contributed by atoms with E-state index in [-0.39, 0.29) is 0 Å². The first-order chi connectivity index (χ1) is 10.6. The van der Waals surface area contributed by atoms with Crippen molar-refractivity contribution in [3.63, 3.8) is 0 Å². The third-order valence-electron chi connectivity index (χ3n) is 3.45. The average Bonchev–Trinajstić information content (AvgIpc) is 2.53. The zero-order chi connectivity index (χ0) is 15.8. The molecule has 6 nitrogen and oxygen atoms in total. The summed E-state index contributed by atoms with van der Waals surface area (Å²) in [5.74, 6) is 0. The summed E-state index contributed by atoms with van der Waals surface area (Å²) in [6.45, 7) is 7.24. The molecule has 7 heteroatoms. The van der Waals surface area contributed by atoms with Crippen LogP contribution >= 0.6 is 12.2 Å². The third-order valence-corrected chi connectivity index (χ3v) is 3.68. The van der Waals surface area contributed by atoms with Crippen molar-refractivity contribution in [3.8, 4) is 0 Å². The van der Waals surface area contributed by atoms with Crippen LogP contribution in [0.5, 0.6) is 0 Å². The van der Waals surface area contributed by atoms with Crippen LogP contribution in [0.3, 0.4) is 0 Å². The predicted octanol–water partition coefficient (Wildman–Crippen LogP) is 0.789. The number of nitrogens with one attached hydrogen (secondary N) is 2. The Labute approximate surface area is 136 Å². The Bertz CT molecular complexity index is 528. The van der Waals surface area contributed by atoms with Crippen LogP contribution in [0, 0.1) is 0 Å². The molecule has 0 saturated carbocycles. The number of hydrogen-bond donors (Lipinski definition) is 3. The lowest BCUT2D eigenvalue weighted by Gasteiger charge is -2.26. The number of morpholine rings is 1. The smallest absolute Gasteiger partial charge is 0.187 e. The normalized spacial score (nSPS) is 16.3. The van der Waals surface area contributed by atoms with Crippen LogP contribution in [-0.2, 0) is 4.74 Å². The lowest BCUT2D eigenvalue weighted by atomic mass is 10.1. The summed E-state index contributed by atoms with van der Waals surface area (Å²) in [5.41, 5.74) is 11.2. The van der Waals surface area contributed by atoms with Gasteiger partial charge in [0.15, 0.2) is 5.11 Å². The van der Waals surface area contributed by atoms with Crippen molar-refractivity contribution in [2.75, 3.05) is 45.1 Å². The van der Waals surface area contributed by atoms with Crippen LogP contribution in [0.25, 0.3) is 0 Å². The molecule has 0 spiro atoms. The number of nitrogens with two attached hydrogens (primary N) is 1. The Hall–Kier alpha value is -1.70. The van der Waals surface area contributed by atoms with Gasteiger partial charge in [-0.2, -0.15) is 5.10 Å². The van der Waals surface area contributed by atoms with Gasteiger partial charge < -0.3 is 15.8 Å². The first kappa shape index (κ1) is 16.7. The standard InChI is InChI=1S/C15H23N5OS/c1-12(13-3-2-4-14(16)11-13)18-19-15(22)17-5-6-20-7-9-21-10-8-20/h2-4,11H,5-10,16H2,1H3,(H2,17,19,22)/b18-12+. The molecule has 1 aliphatic heterocycles.